The van der Waals surface area contributed by atoms with Crippen LogP contribution in [-0.2, 0) is 4.79 Å². The van der Waals surface area contributed by atoms with Gasteiger partial charge in [-0.3, -0.25) is 4.79 Å². The lowest BCUT2D eigenvalue weighted by Crippen LogP contribution is -2.22. The summed E-state index contributed by atoms with van der Waals surface area (Å²) in [4.78, 5) is 10.7. The molecule has 0 atom stereocenters. The second-order valence-corrected chi connectivity index (χ2v) is 4.05. The van der Waals surface area contributed by atoms with E-state index in [-0.39, 0.29) is 12.5 Å². The highest BCUT2D eigenvalue weighted by atomic mass is 16.1. The van der Waals surface area contributed by atoms with Crippen LogP contribution in [0.1, 0.15) is 30.9 Å². The van der Waals surface area contributed by atoms with Gasteiger partial charge in [-0.2, -0.15) is 0 Å². The molecule has 0 saturated heterocycles. The maximum atomic E-state index is 10.7. The molecular formula is C12H18N2O. The molecule has 0 unspecified atom stereocenters. The predicted octanol–water partition coefficient (Wildman–Crippen LogP) is 2.02. The highest BCUT2D eigenvalue weighted by Crippen LogP contribution is 2.21. The van der Waals surface area contributed by atoms with Crippen LogP contribution in [0.2, 0.25) is 0 Å². The highest BCUT2D eigenvalue weighted by Gasteiger charge is 2.04. The quantitative estimate of drug-likeness (QED) is 0.791. The zero-order valence-electron chi connectivity index (χ0n) is 9.50. The minimum absolute atomic E-state index is 0.183. The monoisotopic (exact) mass is 206 g/mol. The Morgan fingerprint density at radius 1 is 1.47 bits per heavy atom. The number of carbonyl (C=O) groups is 1. The van der Waals surface area contributed by atoms with E-state index >= 15 is 0 Å². The van der Waals surface area contributed by atoms with Gasteiger partial charge in [-0.25, -0.2) is 0 Å². The Hall–Kier alpha value is -1.51. The number of primary amides is 1. The lowest BCUT2D eigenvalue weighted by Gasteiger charge is -2.12. The number of amides is 1. The Balaban J connectivity index is 2.85. The molecule has 1 aromatic rings. The first kappa shape index (κ1) is 11.6. The van der Waals surface area contributed by atoms with Crippen molar-refractivity contribution in [3.05, 3.63) is 29.3 Å². The molecule has 3 N–H and O–H groups in total. The molecule has 1 aromatic carbocycles. The summed E-state index contributed by atoms with van der Waals surface area (Å²) in [5.41, 5.74) is 8.46. The second-order valence-electron chi connectivity index (χ2n) is 4.05. The summed E-state index contributed by atoms with van der Waals surface area (Å²) in [6, 6.07) is 6.23. The van der Waals surface area contributed by atoms with Gasteiger partial charge in [0.1, 0.15) is 0 Å². The second kappa shape index (κ2) is 4.82. The van der Waals surface area contributed by atoms with Crippen molar-refractivity contribution >= 4 is 11.6 Å². The molecule has 0 saturated carbocycles. The summed E-state index contributed by atoms with van der Waals surface area (Å²) < 4.78 is 0. The molecular weight excluding hydrogens is 188 g/mol. The van der Waals surface area contributed by atoms with Crippen molar-refractivity contribution in [1.29, 1.82) is 0 Å². The fourth-order valence-electron chi connectivity index (χ4n) is 1.37. The molecule has 82 valence electrons. The molecule has 3 nitrogen and oxygen atoms in total. The van der Waals surface area contributed by atoms with Crippen LogP contribution >= 0.6 is 0 Å². The van der Waals surface area contributed by atoms with Crippen LogP contribution in [0.15, 0.2) is 18.2 Å². The van der Waals surface area contributed by atoms with Crippen molar-refractivity contribution in [1.82, 2.24) is 0 Å². The number of carbonyl (C=O) groups excluding carboxylic acids is 1. The highest BCUT2D eigenvalue weighted by molar-refractivity contribution is 5.79. The van der Waals surface area contributed by atoms with E-state index in [0.29, 0.717) is 5.92 Å². The average Bonchev–Trinajstić information content (AvgIpc) is 2.16. The SMILES string of the molecule is Cc1ccc(C(C)C)cc1NCC(N)=O. The van der Waals surface area contributed by atoms with Crippen molar-refractivity contribution < 1.29 is 4.79 Å². The number of rotatable bonds is 4. The van der Waals surface area contributed by atoms with Crippen LogP contribution in [0.4, 0.5) is 5.69 Å². The van der Waals surface area contributed by atoms with E-state index < -0.39 is 0 Å². The van der Waals surface area contributed by atoms with Gasteiger partial charge in [0.15, 0.2) is 0 Å². The molecule has 0 aromatic heterocycles. The molecule has 0 aliphatic carbocycles. The van der Waals surface area contributed by atoms with Crippen LogP contribution < -0.4 is 11.1 Å². The summed E-state index contributed by atoms with van der Waals surface area (Å²) in [6.45, 7) is 6.47. The maximum Gasteiger partial charge on any atom is 0.236 e. The van der Waals surface area contributed by atoms with Crippen LogP contribution in [0.25, 0.3) is 0 Å². The molecule has 0 aliphatic rings. The number of hydrogen-bond donors (Lipinski definition) is 2. The van der Waals surface area contributed by atoms with E-state index in [9.17, 15) is 4.79 Å². The smallest absolute Gasteiger partial charge is 0.236 e. The molecule has 3 heteroatoms. The molecule has 1 rings (SSSR count). The largest absolute Gasteiger partial charge is 0.376 e. The Bertz CT molecular complexity index is 359. The van der Waals surface area contributed by atoms with E-state index in [1.807, 2.05) is 6.92 Å². The van der Waals surface area contributed by atoms with Gasteiger partial charge < -0.3 is 11.1 Å². The Labute approximate surface area is 90.7 Å². The number of aryl methyl sites for hydroxylation is 1. The third kappa shape index (κ3) is 3.27. The summed E-state index contributed by atoms with van der Waals surface area (Å²) in [6.07, 6.45) is 0. The maximum absolute atomic E-state index is 10.7. The molecule has 15 heavy (non-hydrogen) atoms. The number of anilines is 1. The predicted molar refractivity (Wildman–Crippen MR) is 63.0 cm³/mol. The van der Waals surface area contributed by atoms with Gasteiger partial charge in [-0.05, 0) is 30.0 Å². The first-order valence-electron chi connectivity index (χ1n) is 5.13. The van der Waals surface area contributed by atoms with Crippen LogP contribution in [0.5, 0.6) is 0 Å². The third-order valence-corrected chi connectivity index (χ3v) is 2.38. The fraction of sp³-hybridized carbons (Fsp3) is 0.417. The van der Waals surface area contributed by atoms with Crippen LogP contribution in [0, 0.1) is 6.92 Å². The molecule has 0 fully saturated rings. The summed E-state index contributed by atoms with van der Waals surface area (Å²) in [5.74, 6) is 0.143. The Kier molecular flexibility index (Phi) is 3.72. The van der Waals surface area contributed by atoms with E-state index in [4.69, 9.17) is 5.73 Å². The van der Waals surface area contributed by atoms with Crippen molar-refractivity contribution in [2.24, 2.45) is 5.73 Å². The van der Waals surface area contributed by atoms with E-state index in [1.54, 1.807) is 0 Å². The summed E-state index contributed by atoms with van der Waals surface area (Å²) in [5, 5.41) is 3.03. The number of nitrogens with one attached hydrogen (secondary N) is 1. The van der Waals surface area contributed by atoms with Gasteiger partial charge in [-0.1, -0.05) is 26.0 Å². The third-order valence-electron chi connectivity index (χ3n) is 2.38. The number of nitrogens with two attached hydrogens (primary N) is 1. The number of hydrogen-bond acceptors (Lipinski definition) is 2. The first-order chi connectivity index (χ1) is 7.00. The van der Waals surface area contributed by atoms with Gasteiger partial charge >= 0.3 is 0 Å². The molecule has 0 spiro atoms. The van der Waals surface area contributed by atoms with Crippen molar-refractivity contribution in [3.63, 3.8) is 0 Å². The van der Waals surface area contributed by atoms with Gasteiger partial charge in [-0.15, -0.1) is 0 Å². The van der Waals surface area contributed by atoms with Crippen molar-refractivity contribution in [2.75, 3.05) is 11.9 Å². The van der Waals surface area contributed by atoms with Crippen LogP contribution in [0.3, 0.4) is 0 Å². The zero-order valence-corrected chi connectivity index (χ0v) is 9.50. The van der Waals surface area contributed by atoms with E-state index in [1.165, 1.54) is 5.56 Å². The average molecular weight is 206 g/mol. The minimum Gasteiger partial charge on any atom is -0.376 e. The molecule has 0 bridgehead atoms. The van der Waals surface area contributed by atoms with E-state index in [0.717, 1.165) is 11.3 Å². The standard InChI is InChI=1S/C12H18N2O/c1-8(2)10-5-4-9(3)11(6-10)14-7-12(13)15/h4-6,8,14H,7H2,1-3H3,(H2,13,15). The lowest BCUT2D eigenvalue weighted by molar-refractivity contribution is -0.116. The number of benzene rings is 1. The normalized spacial score (nSPS) is 10.4. The van der Waals surface area contributed by atoms with E-state index in [2.05, 4.69) is 37.4 Å². The fourth-order valence-corrected chi connectivity index (χ4v) is 1.37. The molecule has 0 aliphatic heterocycles. The van der Waals surface area contributed by atoms with Gasteiger partial charge in [0.05, 0.1) is 6.54 Å². The van der Waals surface area contributed by atoms with Gasteiger partial charge in [0, 0.05) is 5.69 Å². The first-order valence-corrected chi connectivity index (χ1v) is 5.13. The topological polar surface area (TPSA) is 55.1 Å². The van der Waals surface area contributed by atoms with Gasteiger partial charge in [0.2, 0.25) is 5.91 Å². The molecule has 0 radical (unpaired) electrons. The molecule has 1 amide bonds. The Morgan fingerprint density at radius 3 is 2.67 bits per heavy atom. The minimum atomic E-state index is -0.343. The van der Waals surface area contributed by atoms with Crippen molar-refractivity contribution in [2.45, 2.75) is 26.7 Å². The van der Waals surface area contributed by atoms with Crippen molar-refractivity contribution in [3.8, 4) is 0 Å². The lowest BCUT2D eigenvalue weighted by atomic mass is 10.0. The molecule has 0 heterocycles. The Morgan fingerprint density at radius 2 is 2.13 bits per heavy atom. The zero-order chi connectivity index (χ0) is 11.4. The van der Waals surface area contributed by atoms with Crippen LogP contribution in [-0.4, -0.2) is 12.5 Å². The van der Waals surface area contributed by atoms with Gasteiger partial charge in [0.25, 0.3) is 0 Å². The summed E-state index contributed by atoms with van der Waals surface area (Å²) in [7, 11) is 0. The summed E-state index contributed by atoms with van der Waals surface area (Å²) >= 11 is 0.